The van der Waals surface area contributed by atoms with Gasteiger partial charge in [-0.15, -0.1) is 12.4 Å². The van der Waals surface area contributed by atoms with Crippen LogP contribution in [0.15, 0.2) is 6.07 Å². The number of hydrogen-bond donors (Lipinski definition) is 1. The van der Waals surface area contributed by atoms with Gasteiger partial charge < -0.3 is 5.73 Å². The summed E-state index contributed by atoms with van der Waals surface area (Å²) < 4.78 is 0. The summed E-state index contributed by atoms with van der Waals surface area (Å²) >= 11 is 0. The Morgan fingerprint density at radius 1 is 1.36 bits per heavy atom. The van der Waals surface area contributed by atoms with E-state index in [-0.39, 0.29) is 12.4 Å². The maximum absolute atomic E-state index is 5.40. The highest BCUT2D eigenvalue weighted by molar-refractivity contribution is 5.85. The lowest BCUT2D eigenvalue weighted by Crippen LogP contribution is -2.04. The number of halogens is 1. The van der Waals surface area contributed by atoms with Crippen LogP contribution >= 0.6 is 12.4 Å². The number of rotatable bonds is 1. The second-order valence-corrected chi connectivity index (χ2v) is 2.32. The summed E-state index contributed by atoms with van der Waals surface area (Å²) in [5.74, 6) is 0. The van der Waals surface area contributed by atoms with Gasteiger partial charge in [-0.1, -0.05) is 0 Å². The number of hydrogen-bond acceptors (Lipinski definition) is 3. The largest absolute Gasteiger partial charge is 0.325 e. The molecule has 3 nitrogen and oxygen atoms in total. The molecule has 4 heteroatoms. The first-order valence-electron chi connectivity index (χ1n) is 3.24. The van der Waals surface area contributed by atoms with Crippen molar-refractivity contribution in [3.8, 4) is 0 Å². The van der Waals surface area contributed by atoms with Crippen molar-refractivity contribution in [3.05, 3.63) is 23.0 Å². The van der Waals surface area contributed by atoms with Crippen molar-refractivity contribution in [2.24, 2.45) is 5.73 Å². The lowest BCUT2D eigenvalue weighted by molar-refractivity contribution is 0.860. The summed E-state index contributed by atoms with van der Waals surface area (Å²) in [7, 11) is 0. The molecule has 11 heavy (non-hydrogen) atoms. The van der Waals surface area contributed by atoms with Gasteiger partial charge in [0.15, 0.2) is 0 Å². The molecule has 0 aliphatic rings. The third-order valence-corrected chi connectivity index (χ3v) is 1.40. The van der Waals surface area contributed by atoms with E-state index in [9.17, 15) is 0 Å². The summed E-state index contributed by atoms with van der Waals surface area (Å²) in [6, 6.07) is 1.98. The third kappa shape index (κ3) is 2.44. The molecular formula is C7H12ClN3. The van der Waals surface area contributed by atoms with Crippen LogP contribution in [-0.2, 0) is 6.54 Å². The zero-order valence-corrected chi connectivity index (χ0v) is 7.48. The van der Waals surface area contributed by atoms with Crippen molar-refractivity contribution in [3.63, 3.8) is 0 Å². The van der Waals surface area contributed by atoms with Crippen LogP contribution in [0.1, 0.15) is 17.0 Å². The summed E-state index contributed by atoms with van der Waals surface area (Å²) in [5, 5.41) is 7.80. The highest BCUT2D eigenvalue weighted by atomic mass is 35.5. The molecule has 0 amide bonds. The molecule has 1 aromatic rings. The Hall–Kier alpha value is -0.670. The fourth-order valence-electron chi connectivity index (χ4n) is 0.845. The number of aryl methyl sites for hydroxylation is 2. The van der Waals surface area contributed by atoms with Crippen LogP contribution in [0.2, 0.25) is 0 Å². The van der Waals surface area contributed by atoms with E-state index in [0.717, 1.165) is 17.0 Å². The first-order valence-corrected chi connectivity index (χ1v) is 3.24. The normalized spacial score (nSPS) is 9.00. The van der Waals surface area contributed by atoms with Gasteiger partial charge in [0.25, 0.3) is 0 Å². The second-order valence-electron chi connectivity index (χ2n) is 2.32. The minimum Gasteiger partial charge on any atom is -0.325 e. The van der Waals surface area contributed by atoms with Gasteiger partial charge in [-0.25, -0.2) is 0 Å². The molecule has 62 valence electrons. The molecule has 0 saturated carbocycles. The quantitative estimate of drug-likeness (QED) is 0.689. The van der Waals surface area contributed by atoms with Crippen LogP contribution in [0.3, 0.4) is 0 Å². The molecule has 0 saturated heterocycles. The Kier molecular flexibility index (Phi) is 4.00. The first kappa shape index (κ1) is 10.3. The zero-order chi connectivity index (χ0) is 7.56. The van der Waals surface area contributed by atoms with Gasteiger partial charge in [0.05, 0.1) is 11.4 Å². The Bertz CT molecular complexity index is 237. The van der Waals surface area contributed by atoms with Crippen molar-refractivity contribution in [1.82, 2.24) is 10.2 Å². The Labute approximate surface area is 72.4 Å². The molecule has 0 bridgehead atoms. The van der Waals surface area contributed by atoms with Crippen LogP contribution in [0.25, 0.3) is 0 Å². The van der Waals surface area contributed by atoms with E-state index >= 15 is 0 Å². The molecule has 1 rings (SSSR count). The maximum atomic E-state index is 5.40. The van der Waals surface area contributed by atoms with E-state index < -0.39 is 0 Å². The van der Waals surface area contributed by atoms with Gasteiger partial charge in [-0.05, 0) is 25.5 Å². The second kappa shape index (κ2) is 4.26. The number of nitrogens with zero attached hydrogens (tertiary/aromatic N) is 2. The molecule has 0 aromatic carbocycles. The molecule has 0 aliphatic carbocycles. The van der Waals surface area contributed by atoms with E-state index in [1.54, 1.807) is 0 Å². The molecule has 1 heterocycles. The smallest absolute Gasteiger partial charge is 0.0796 e. The van der Waals surface area contributed by atoms with Gasteiger partial charge in [-0.3, -0.25) is 0 Å². The fraction of sp³-hybridized carbons (Fsp3) is 0.429. The monoisotopic (exact) mass is 173 g/mol. The molecule has 0 fully saturated rings. The van der Waals surface area contributed by atoms with Crippen LogP contribution in [0, 0.1) is 13.8 Å². The average Bonchev–Trinajstić information content (AvgIpc) is 1.88. The predicted octanol–water partition coefficient (Wildman–Crippen LogP) is 0.974. The summed E-state index contributed by atoms with van der Waals surface area (Å²) in [6.07, 6.45) is 0. The lowest BCUT2D eigenvalue weighted by atomic mass is 10.2. The van der Waals surface area contributed by atoms with Gasteiger partial charge in [0.1, 0.15) is 0 Å². The number of aromatic nitrogens is 2. The first-order chi connectivity index (χ1) is 4.74. The Balaban J connectivity index is 0.000001000. The maximum Gasteiger partial charge on any atom is 0.0796 e. The molecular weight excluding hydrogens is 162 g/mol. The topological polar surface area (TPSA) is 51.8 Å². The molecule has 0 radical (unpaired) electrons. The summed E-state index contributed by atoms with van der Waals surface area (Å²) in [6.45, 7) is 4.38. The lowest BCUT2D eigenvalue weighted by Gasteiger charge is -1.99. The van der Waals surface area contributed by atoms with Crippen molar-refractivity contribution < 1.29 is 0 Å². The minimum atomic E-state index is 0. The van der Waals surface area contributed by atoms with Crippen molar-refractivity contribution in [1.29, 1.82) is 0 Å². The molecule has 0 unspecified atom stereocenters. The fourth-order valence-corrected chi connectivity index (χ4v) is 0.845. The molecule has 2 N–H and O–H groups in total. The zero-order valence-electron chi connectivity index (χ0n) is 6.66. The van der Waals surface area contributed by atoms with E-state index in [2.05, 4.69) is 10.2 Å². The SMILES string of the molecule is Cc1cc(C)c(CN)nn1.Cl. The summed E-state index contributed by atoms with van der Waals surface area (Å²) in [4.78, 5) is 0. The molecule has 0 aliphatic heterocycles. The van der Waals surface area contributed by atoms with Crippen LogP contribution in [0.5, 0.6) is 0 Å². The Morgan fingerprint density at radius 3 is 2.45 bits per heavy atom. The third-order valence-electron chi connectivity index (χ3n) is 1.40. The van der Waals surface area contributed by atoms with Gasteiger partial charge in [-0.2, -0.15) is 10.2 Å². The molecule has 1 aromatic heterocycles. The molecule has 0 spiro atoms. The summed E-state index contributed by atoms with van der Waals surface area (Å²) in [5.41, 5.74) is 8.34. The molecule has 0 atom stereocenters. The van der Waals surface area contributed by atoms with Crippen molar-refractivity contribution in [2.75, 3.05) is 0 Å². The van der Waals surface area contributed by atoms with Crippen LogP contribution < -0.4 is 5.73 Å². The highest BCUT2D eigenvalue weighted by Crippen LogP contribution is 2.02. The minimum absolute atomic E-state index is 0. The number of nitrogens with two attached hydrogens (primary N) is 1. The van der Waals surface area contributed by atoms with E-state index in [1.807, 2.05) is 19.9 Å². The van der Waals surface area contributed by atoms with E-state index in [4.69, 9.17) is 5.73 Å². The van der Waals surface area contributed by atoms with Crippen LogP contribution in [0.4, 0.5) is 0 Å². The Morgan fingerprint density at radius 2 is 2.00 bits per heavy atom. The van der Waals surface area contributed by atoms with E-state index in [0.29, 0.717) is 6.54 Å². The standard InChI is InChI=1S/C7H11N3.ClH/c1-5-3-6(2)9-10-7(5)4-8;/h3H,4,8H2,1-2H3;1H. The van der Waals surface area contributed by atoms with Gasteiger partial charge in [0.2, 0.25) is 0 Å². The van der Waals surface area contributed by atoms with Crippen molar-refractivity contribution >= 4 is 12.4 Å². The van der Waals surface area contributed by atoms with Gasteiger partial charge in [0, 0.05) is 6.54 Å². The van der Waals surface area contributed by atoms with E-state index in [1.165, 1.54) is 0 Å². The average molecular weight is 174 g/mol. The van der Waals surface area contributed by atoms with Gasteiger partial charge >= 0.3 is 0 Å². The predicted molar refractivity (Wildman–Crippen MR) is 46.6 cm³/mol. The van der Waals surface area contributed by atoms with Crippen LogP contribution in [-0.4, -0.2) is 10.2 Å². The van der Waals surface area contributed by atoms with Crippen molar-refractivity contribution in [2.45, 2.75) is 20.4 Å². The highest BCUT2D eigenvalue weighted by Gasteiger charge is 1.96.